The van der Waals surface area contributed by atoms with Crippen molar-refractivity contribution in [3.05, 3.63) is 0 Å². The third-order valence-corrected chi connectivity index (χ3v) is 3.87. The highest BCUT2D eigenvalue weighted by atomic mass is 16.5. The standard InChI is InChI=1S/C13H23N3O3/c1-9(2)16-4-5-19-10(8-16)7-14-11-6-12(17)15(3)13(11)18/h9-11,14H,4-8H2,1-3H3. The summed E-state index contributed by atoms with van der Waals surface area (Å²) < 4.78 is 5.69. The predicted molar refractivity (Wildman–Crippen MR) is 70.6 cm³/mol. The fourth-order valence-corrected chi connectivity index (χ4v) is 2.52. The second-order valence-corrected chi connectivity index (χ2v) is 5.54. The van der Waals surface area contributed by atoms with Crippen LogP contribution < -0.4 is 5.32 Å². The first-order valence-corrected chi connectivity index (χ1v) is 6.88. The van der Waals surface area contributed by atoms with Gasteiger partial charge in [0.15, 0.2) is 0 Å². The average Bonchev–Trinajstić information content (AvgIpc) is 2.64. The highest BCUT2D eigenvalue weighted by Crippen LogP contribution is 2.12. The van der Waals surface area contributed by atoms with E-state index in [-0.39, 0.29) is 30.4 Å². The summed E-state index contributed by atoms with van der Waals surface area (Å²) in [4.78, 5) is 26.7. The van der Waals surface area contributed by atoms with E-state index in [2.05, 4.69) is 24.1 Å². The molecule has 2 saturated heterocycles. The maximum atomic E-state index is 11.8. The maximum absolute atomic E-state index is 11.8. The summed E-state index contributed by atoms with van der Waals surface area (Å²) in [6, 6.07) is 0.128. The first-order chi connectivity index (χ1) is 8.99. The molecule has 0 aromatic rings. The van der Waals surface area contributed by atoms with Crippen molar-refractivity contribution in [3.63, 3.8) is 0 Å². The second kappa shape index (κ2) is 5.98. The van der Waals surface area contributed by atoms with Crippen molar-refractivity contribution in [2.24, 2.45) is 0 Å². The molecule has 6 heteroatoms. The maximum Gasteiger partial charge on any atom is 0.246 e. The molecule has 0 saturated carbocycles. The smallest absolute Gasteiger partial charge is 0.246 e. The van der Waals surface area contributed by atoms with Gasteiger partial charge in [-0.2, -0.15) is 0 Å². The molecular formula is C13H23N3O3. The predicted octanol–water partition coefficient (Wildman–Crippen LogP) is -0.557. The van der Waals surface area contributed by atoms with Crippen LogP contribution in [0.15, 0.2) is 0 Å². The van der Waals surface area contributed by atoms with E-state index in [1.807, 2.05) is 0 Å². The lowest BCUT2D eigenvalue weighted by Gasteiger charge is -2.35. The van der Waals surface area contributed by atoms with E-state index in [9.17, 15) is 9.59 Å². The molecule has 0 radical (unpaired) electrons. The third kappa shape index (κ3) is 3.32. The van der Waals surface area contributed by atoms with Gasteiger partial charge >= 0.3 is 0 Å². The summed E-state index contributed by atoms with van der Waals surface area (Å²) in [6.45, 7) is 7.50. The van der Waals surface area contributed by atoms with Crippen molar-refractivity contribution >= 4 is 11.8 Å². The Bertz CT molecular complexity index is 359. The van der Waals surface area contributed by atoms with Crippen LogP contribution in [0.1, 0.15) is 20.3 Å². The molecule has 0 aromatic carbocycles. The molecule has 2 atom stereocenters. The van der Waals surface area contributed by atoms with E-state index in [0.29, 0.717) is 12.6 Å². The minimum Gasteiger partial charge on any atom is -0.374 e. The molecule has 6 nitrogen and oxygen atoms in total. The summed E-state index contributed by atoms with van der Waals surface area (Å²) in [6.07, 6.45) is 0.348. The SMILES string of the molecule is CC(C)N1CCOC(CNC2CC(=O)N(C)C2=O)C1. The van der Waals surface area contributed by atoms with Crippen LogP contribution in [0.2, 0.25) is 0 Å². The monoisotopic (exact) mass is 269 g/mol. The van der Waals surface area contributed by atoms with E-state index in [0.717, 1.165) is 19.7 Å². The Kier molecular flexibility index (Phi) is 4.54. The Labute approximate surface area is 114 Å². The highest BCUT2D eigenvalue weighted by molar-refractivity contribution is 6.05. The molecule has 2 fully saturated rings. The number of hydrogen-bond acceptors (Lipinski definition) is 5. The lowest BCUT2D eigenvalue weighted by atomic mass is 10.2. The number of likely N-dealkylation sites (tertiary alicyclic amines) is 1. The summed E-state index contributed by atoms with van der Waals surface area (Å²) in [5.41, 5.74) is 0. The van der Waals surface area contributed by atoms with E-state index in [1.165, 1.54) is 11.9 Å². The van der Waals surface area contributed by atoms with Crippen molar-refractivity contribution in [3.8, 4) is 0 Å². The van der Waals surface area contributed by atoms with E-state index >= 15 is 0 Å². The van der Waals surface area contributed by atoms with Gasteiger partial charge in [0.2, 0.25) is 11.8 Å². The van der Waals surface area contributed by atoms with Gasteiger partial charge in [-0.25, -0.2) is 0 Å². The molecule has 19 heavy (non-hydrogen) atoms. The van der Waals surface area contributed by atoms with Gasteiger partial charge in [0.25, 0.3) is 0 Å². The van der Waals surface area contributed by atoms with Crippen LogP contribution in [0.3, 0.4) is 0 Å². The number of morpholine rings is 1. The lowest BCUT2D eigenvalue weighted by Crippen LogP contribution is -2.51. The van der Waals surface area contributed by atoms with Crippen molar-refractivity contribution in [2.75, 3.05) is 33.3 Å². The van der Waals surface area contributed by atoms with Gasteiger partial charge in [0.1, 0.15) is 0 Å². The van der Waals surface area contributed by atoms with Gasteiger partial charge in [0.05, 0.1) is 25.2 Å². The lowest BCUT2D eigenvalue weighted by molar-refractivity contribution is -0.137. The van der Waals surface area contributed by atoms with Gasteiger partial charge < -0.3 is 10.1 Å². The third-order valence-electron chi connectivity index (χ3n) is 3.87. The zero-order valence-corrected chi connectivity index (χ0v) is 11.9. The number of carbonyl (C=O) groups is 2. The largest absolute Gasteiger partial charge is 0.374 e. The molecule has 2 heterocycles. The normalized spacial score (nSPS) is 29.6. The number of nitrogens with zero attached hydrogens (tertiary/aromatic N) is 2. The fraction of sp³-hybridized carbons (Fsp3) is 0.846. The molecule has 0 aliphatic carbocycles. The number of carbonyl (C=O) groups excluding carboxylic acids is 2. The Hall–Kier alpha value is -0.980. The second-order valence-electron chi connectivity index (χ2n) is 5.54. The van der Waals surface area contributed by atoms with Crippen LogP contribution in [-0.4, -0.2) is 73.1 Å². The van der Waals surface area contributed by atoms with E-state index < -0.39 is 0 Å². The van der Waals surface area contributed by atoms with Crippen LogP contribution in [0.5, 0.6) is 0 Å². The van der Waals surface area contributed by atoms with E-state index in [1.54, 1.807) is 0 Å². The molecule has 2 unspecified atom stereocenters. The molecule has 1 N–H and O–H groups in total. The molecule has 2 rings (SSSR count). The molecule has 0 bridgehead atoms. The Morgan fingerprint density at radius 3 is 2.74 bits per heavy atom. The van der Waals surface area contributed by atoms with E-state index in [4.69, 9.17) is 4.74 Å². The van der Waals surface area contributed by atoms with Crippen LogP contribution in [0.25, 0.3) is 0 Å². The summed E-state index contributed by atoms with van der Waals surface area (Å²) >= 11 is 0. The molecule has 2 aliphatic rings. The zero-order chi connectivity index (χ0) is 14.0. The van der Waals surface area contributed by atoms with Crippen molar-refractivity contribution in [1.82, 2.24) is 15.1 Å². The van der Waals surface area contributed by atoms with Crippen LogP contribution in [-0.2, 0) is 14.3 Å². The number of nitrogens with one attached hydrogen (secondary N) is 1. The minimum atomic E-state index is -0.379. The fourth-order valence-electron chi connectivity index (χ4n) is 2.52. The first-order valence-electron chi connectivity index (χ1n) is 6.88. The minimum absolute atomic E-state index is 0.0879. The van der Waals surface area contributed by atoms with Gasteiger partial charge in [-0.1, -0.05) is 0 Å². The molecule has 108 valence electrons. The van der Waals surface area contributed by atoms with Crippen LogP contribution >= 0.6 is 0 Å². The summed E-state index contributed by atoms with van der Waals surface area (Å²) in [5, 5.41) is 3.16. The van der Waals surface area contributed by atoms with Gasteiger partial charge in [-0.3, -0.25) is 19.4 Å². The van der Waals surface area contributed by atoms with Crippen LogP contribution in [0.4, 0.5) is 0 Å². The Balaban J connectivity index is 1.79. The number of imide groups is 1. The molecule has 0 spiro atoms. The van der Waals surface area contributed by atoms with Crippen LogP contribution in [0, 0.1) is 0 Å². The first kappa shape index (κ1) is 14.4. The Morgan fingerprint density at radius 1 is 1.42 bits per heavy atom. The molecular weight excluding hydrogens is 246 g/mol. The number of amides is 2. The number of ether oxygens (including phenoxy) is 1. The molecule has 0 aromatic heterocycles. The van der Waals surface area contributed by atoms with Gasteiger partial charge in [-0.05, 0) is 13.8 Å². The molecule has 2 aliphatic heterocycles. The highest BCUT2D eigenvalue weighted by Gasteiger charge is 2.36. The van der Waals surface area contributed by atoms with Crippen molar-refractivity contribution < 1.29 is 14.3 Å². The quantitative estimate of drug-likeness (QED) is 0.693. The molecule has 2 amide bonds. The van der Waals surface area contributed by atoms with Gasteiger partial charge in [0, 0.05) is 32.7 Å². The Morgan fingerprint density at radius 2 is 2.16 bits per heavy atom. The summed E-state index contributed by atoms with van der Waals surface area (Å²) in [5.74, 6) is -0.252. The summed E-state index contributed by atoms with van der Waals surface area (Å²) in [7, 11) is 1.53. The number of hydrogen-bond donors (Lipinski definition) is 1. The average molecular weight is 269 g/mol. The van der Waals surface area contributed by atoms with Crippen molar-refractivity contribution in [1.29, 1.82) is 0 Å². The van der Waals surface area contributed by atoms with Crippen molar-refractivity contribution in [2.45, 2.75) is 38.5 Å². The zero-order valence-electron chi connectivity index (χ0n) is 11.9. The topological polar surface area (TPSA) is 61.9 Å². The van der Waals surface area contributed by atoms with Gasteiger partial charge in [-0.15, -0.1) is 0 Å². The number of likely N-dealkylation sites (N-methyl/N-ethyl adjacent to an activating group) is 1. The number of rotatable bonds is 4.